The Kier molecular flexibility index (Phi) is 38.0. The molecule has 2 heteroatoms. The summed E-state index contributed by atoms with van der Waals surface area (Å²) in [5.74, 6) is 0. The highest BCUT2D eigenvalue weighted by molar-refractivity contribution is 4.59. The minimum absolute atomic E-state index is 0. The summed E-state index contributed by atoms with van der Waals surface area (Å²) in [4.78, 5) is 4.72. The van der Waals surface area contributed by atoms with E-state index in [2.05, 4.69) is 23.9 Å². The lowest BCUT2D eigenvalue weighted by Crippen LogP contribution is -2.10. The average Bonchev–Trinajstić information content (AvgIpc) is 3.11. The van der Waals surface area contributed by atoms with E-state index >= 15 is 0 Å². The zero-order valence-electron chi connectivity index (χ0n) is 14.6. The average molecular weight is 277 g/mol. The molecule has 0 aromatic rings. The molecule has 122 valence electrons. The Morgan fingerprint density at radius 2 is 0.632 bits per heavy atom. The third kappa shape index (κ3) is 23.4. The van der Waals surface area contributed by atoms with Crippen molar-refractivity contribution in [2.24, 2.45) is 0 Å². The lowest BCUT2D eigenvalue weighted by atomic mass is 10.4. The van der Waals surface area contributed by atoms with Crippen molar-refractivity contribution in [2.45, 2.75) is 74.7 Å². The summed E-state index contributed by atoms with van der Waals surface area (Å²) in [5, 5.41) is 0. The summed E-state index contributed by atoms with van der Waals surface area (Å²) in [7, 11) is 4.35. The molecule has 2 heterocycles. The molecule has 0 spiro atoms. The van der Waals surface area contributed by atoms with Gasteiger partial charge in [0, 0.05) is 0 Å². The fourth-order valence-electron chi connectivity index (χ4n) is 1.75. The van der Waals surface area contributed by atoms with Crippen LogP contribution in [0, 0.1) is 0 Å². The molecule has 0 radical (unpaired) electrons. The topological polar surface area (TPSA) is 6.48 Å². The van der Waals surface area contributed by atoms with Crippen LogP contribution in [0.4, 0.5) is 0 Å². The molecule has 0 N–H and O–H groups in total. The van der Waals surface area contributed by atoms with Gasteiger partial charge in [0.1, 0.15) is 0 Å². The molecule has 0 aromatic heterocycles. The van der Waals surface area contributed by atoms with Crippen molar-refractivity contribution in [3.05, 3.63) is 0 Å². The molecule has 2 saturated heterocycles. The van der Waals surface area contributed by atoms with Crippen molar-refractivity contribution in [1.29, 1.82) is 0 Å². The smallest absolute Gasteiger partial charge is 0.00213 e. The third-order valence-corrected chi connectivity index (χ3v) is 2.66. The quantitative estimate of drug-likeness (QED) is 0.604. The van der Waals surface area contributed by atoms with Crippen molar-refractivity contribution < 1.29 is 0 Å². The molecule has 0 unspecified atom stereocenters. The normalized spacial score (nSPS) is 17.1. The van der Waals surface area contributed by atoms with Crippen molar-refractivity contribution in [3.63, 3.8) is 0 Å². The second-order valence-electron chi connectivity index (χ2n) is 4.02. The van der Waals surface area contributed by atoms with Gasteiger partial charge < -0.3 is 9.80 Å². The highest BCUT2D eigenvalue weighted by Gasteiger charge is 2.03. The van der Waals surface area contributed by atoms with E-state index in [1.807, 2.05) is 41.5 Å². The fourth-order valence-corrected chi connectivity index (χ4v) is 1.75. The Bertz CT molecular complexity index is 89.8. The molecule has 19 heavy (non-hydrogen) atoms. The number of nitrogens with zero attached hydrogens (tertiary/aromatic N) is 2. The number of rotatable bonds is 0. The van der Waals surface area contributed by atoms with E-state index in [-0.39, 0.29) is 7.43 Å². The van der Waals surface area contributed by atoms with Crippen LogP contribution in [0.25, 0.3) is 0 Å². The Balaban J connectivity index is -0.0000000825. The van der Waals surface area contributed by atoms with Gasteiger partial charge in [-0.2, -0.15) is 0 Å². The van der Waals surface area contributed by atoms with Gasteiger partial charge in [0.2, 0.25) is 0 Å². The van der Waals surface area contributed by atoms with Crippen molar-refractivity contribution >= 4 is 0 Å². The van der Waals surface area contributed by atoms with Gasteiger partial charge in [-0.1, -0.05) is 49.0 Å². The molecular formula is C17H44N2. The standard InChI is InChI=1S/2C5H11N.3C2H6.CH4/c2*1-6-4-2-3-5-6;3*1-2;/h2*2-5H2,1H3;3*1-2H3;1H4. The van der Waals surface area contributed by atoms with Crippen molar-refractivity contribution in [3.8, 4) is 0 Å². The van der Waals surface area contributed by atoms with Crippen LogP contribution in [0.2, 0.25) is 0 Å². The summed E-state index contributed by atoms with van der Waals surface area (Å²) >= 11 is 0. The Hall–Kier alpha value is -0.0800. The summed E-state index contributed by atoms with van der Waals surface area (Å²) in [6.45, 7) is 17.3. The summed E-state index contributed by atoms with van der Waals surface area (Å²) < 4.78 is 0. The molecule has 2 rings (SSSR count). The molecule has 0 saturated carbocycles. The highest BCUT2D eigenvalue weighted by Crippen LogP contribution is 2.02. The van der Waals surface area contributed by atoms with E-state index in [0.29, 0.717) is 0 Å². The van der Waals surface area contributed by atoms with Crippen LogP contribution in [0.3, 0.4) is 0 Å². The van der Waals surface area contributed by atoms with E-state index < -0.39 is 0 Å². The van der Waals surface area contributed by atoms with E-state index in [1.165, 1.54) is 51.9 Å². The second kappa shape index (κ2) is 26.5. The van der Waals surface area contributed by atoms with Gasteiger partial charge >= 0.3 is 0 Å². The van der Waals surface area contributed by atoms with Crippen LogP contribution in [-0.2, 0) is 0 Å². The first-order valence-corrected chi connectivity index (χ1v) is 8.16. The van der Waals surface area contributed by atoms with Gasteiger partial charge in [0.25, 0.3) is 0 Å². The van der Waals surface area contributed by atoms with Crippen LogP contribution < -0.4 is 0 Å². The van der Waals surface area contributed by atoms with E-state index in [0.717, 1.165) is 0 Å². The number of likely N-dealkylation sites (tertiary alicyclic amines) is 2. The largest absolute Gasteiger partial charge is 0.306 e. The van der Waals surface area contributed by atoms with Crippen LogP contribution >= 0.6 is 0 Å². The van der Waals surface area contributed by atoms with Gasteiger partial charge in [-0.3, -0.25) is 0 Å². The molecule has 0 bridgehead atoms. The minimum atomic E-state index is 0. The molecule has 2 aliphatic heterocycles. The maximum atomic E-state index is 2.36. The van der Waals surface area contributed by atoms with Crippen molar-refractivity contribution in [2.75, 3.05) is 40.3 Å². The zero-order valence-corrected chi connectivity index (χ0v) is 14.6. The fraction of sp³-hybridized carbons (Fsp3) is 1.00. The SMILES string of the molecule is C.CC.CC.CC.CN1CCCC1.CN1CCCC1. The number of hydrogen-bond acceptors (Lipinski definition) is 2. The maximum absolute atomic E-state index is 2.36. The molecule has 0 aliphatic carbocycles. The first kappa shape index (κ1) is 27.3. The monoisotopic (exact) mass is 276 g/mol. The lowest BCUT2D eigenvalue weighted by molar-refractivity contribution is 0.418. The predicted molar refractivity (Wildman–Crippen MR) is 94.2 cm³/mol. The first-order valence-electron chi connectivity index (χ1n) is 8.16. The predicted octanol–water partition coefficient (Wildman–Crippen LogP) is 5.14. The Morgan fingerprint density at radius 1 is 0.474 bits per heavy atom. The molecule has 0 amide bonds. The van der Waals surface area contributed by atoms with Crippen LogP contribution in [0.1, 0.15) is 74.7 Å². The minimum Gasteiger partial charge on any atom is -0.306 e. The van der Waals surface area contributed by atoms with Crippen LogP contribution in [0.15, 0.2) is 0 Å². The first-order chi connectivity index (χ1) is 8.79. The molecular weight excluding hydrogens is 232 g/mol. The van der Waals surface area contributed by atoms with Gasteiger partial charge in [0.15, 0.2) is 0 Å². The van der Waals surface area contributed by atoms with Crippen LogP contribution in [0.5, 0.6) is 0 Å². The Morgan fingerprint density at radius 3 is 0.684 bits per heavy atom. The van der Waals surface area contributed by atoms with E-state index in [4.69, 9.17) is 0 Å². The van der Waals surface area contributed by atoms with Crippen LogP contribution in [-0.4, -0.2) is 50.1 Å². The van der Waals surface area contributed by atoms with E-state index in [1.54, 1.807) is 0 Å². The summed E-state index contributed by atoms with van der Waals surface area (Å²) in [6, 6.07) is 0. The molecule has 2 aliphatic rings. The van der Waals surface area contributed by atoms with Gasteiger partial charge in [-0.25, -0.2) is 0 Å². The number of hydrogen-bond donors (Lipinski definition) is 0. The third-order valence-electron chi connectivity index (χ3n) is 2.66. The molecule has 2 fully saturated rings. The zero-order chi connectivity index (χ0) is 14.8. The lowest BCUT2D eigenvalue weighted by Gasteiger charge is -2.01. The molecule has 2 nitrogen and oxygen atoms in total. The summed E-state index contributed by atoms with van der Waals surface area (Å²) in [5.41, 5.74) is 0. The van der Waals surface area contributed by atoms with Gasteiger partial charge in [-0.05, 0) is 66.0 Å². The highest BCUT2D eigenvalue weighted by atomic mass is 15.1. The molecule has 0 aromatic carbocycles. The van der Waals surface area contributed by atoms with E-state index in [9.17, 15) is 0 Å². The Labute approximate surface area is 125 Å². The molecule has 0 atom stereocenters. The van der Waals surface area contributed by atoms with Gasteiger partial charge in [-0.15, -0.1) is 0 Å². The van der Waals surface area contributed by atoms with Crippen molar-refractivity contribution in [1.82, 2.24) is 9.80 Å². The summed E-state index contributed by atoms with van der Waals surface area (Å²) in [6.07, 6.45) is 5.65. The maximum Gasteiger partial charge on any atom is -0.00213 e. The van der Waals surface area contributed by atoms with Gasteiger partial charge in [0.05, 0.1) is 0 Å². The second-order valence-corrected chi connectivity index (χ2v) is 4.02.